The van der Waals surface area contributed by atoms with Crippen LogP contribution in [0.25, 0.3) is 0 Å². The van der Waals surface area contributed by atoms with Crippen LogP contribution in [0, 0.1) is 5.92 Å². The zero-order valence-electron chi connectivity index (χ0n) is 14.2. The van der Waals surface area contributed by atoms with E-state index in [1.54, 1.807) is 21.3 Å². The van der Waals surface area contributed by atoms with E-state index >= 15 is 0 Å². The quantitative estimate of drug-likeness (QED) is 0.597. The van der Waals surface area contributed by atoms with Gasteiger partial charge in [0.2, 0.25) is 5.91 Å². The predicted octanol–water partition coefficient (Wildman–Crippen LogP) is 1.56. The smallest absolute Gasteiger partial charge is 0.396 e. The predicted molar refractivity (Wildman–Crippen MR) is 83.9 cm³/mol. The summed E-state index contributed by atoms with van der Waals surface area (Å²) in [5, 5.41) is 12.3. The molecule has 126 valence electrons. The van der Waals surface area contributed by atoms with Gasteiger partial charge >= 0.3 is 8.80 Å². The topological polar surface area (TPSA) is 77.0 Å². The number of carbonyl (C=O) groups excluding carboxylic acids is 1. The highest BCUT2D eigenvalue weighted by atomic mass is 28.4. The average Bonchev–Trinajstić information content (AvgIpc) is 2.41. The van der Waals surface area contributed by atoms with Gasteiger partial charge in [-0.3, -0.25) is 4.79 Å². The molecule has 0 aromatic rings. The molecule has 1 unspecified atom stereocenters. The Hall–Kier alpha value is -0.473. The molecule has 0 aliphatic carbocycles. The minimum Gasteiger partial charge on any atom is -0.396 e. The Labute approximate surface area is 129 Å². The van der Waals surface area contributed by atoms with E-state index in [-0.39, 0.29) is 24.0 Å². The van der Waals surface area contributed by atoms with Crippen molar-refractivity contribution in [2.75, 3.05) is 27.9 Å². The van der Waals surface area contributed by atoms with Crippen molar-refractivity contribution in [1.82, 2.24) is 5.32 Å². The van der Waals surface area contributed by atoms with Gasteiger partial charge in [0, 0.05) is 45.9 Å². The number of nitrogens with one attached hydrogen (secondary N) is 1. The highest BCUT2D eigenvalue weighted by Crippen LogP contribution is 2.20. The lowest BCUT2D eigenvalue weighted by Crippen LogP contribution is -2.43. The first kappa shape index (κ1) is 20.5. The molecule has 2 N–H and O–H groups in total. The molecule has 0 saturated carbocycles. The molecule has 6 nitrogen and oxygen atoms in total. The maximum absolute atomic E-state index is 11.9. The molecule has 0 aromatic carbocycles. The third-order valence-electron chi connectivity index (χ3n) is 3.28. The van der Waals surface area contributed by atoms with Crippen molar-refractivity contribution in [2.24, 2.45) is 5.92 Å². The van der Waals surface area contributed by atoms with Crippen molar-refractivity contribution in [3.8, 4) is 0 Å². The number of aliphatic hydroxyl groups is 1. The van der Waals surface area contributed by atoms with E-state index in [2.05, 4.69) is 5.32 Å². The van der Waals surface area contributed by atoms with Crippen molar-refractivity contribution in [2.45, 2.75) is 51.6 Å². The minimum absolute atomic E-state index is 0.000928. The van der Waals surface area contributed by atoms with Crippen molar-refractivity contribution >= 4 is 14.7 Å². The SMILES string of the molecule is CO[Si](CCCC(CO)CC(=O)NC(C)(C)C)(OC)OC. The Morgan fingerprint density at radius 3 is 2.10 bits per heavy atom. The molecule has 0 aromatic heterocycles. The Morgan fingerprint density at radius 2 is 1.71 bits per heavy atom. The zero-order valence-corrected chi connectivity index (χ0v) is 15.2. The summed E-state index contributed by atoms with van der Waals surface area (Å²) in [6.45, 7) is 5.82. The Bertz CT molecular complexity index is 294. The lowest BCUT2D eigenvalue weighted by Gasteiger charge is -2.25. The maximum atomic E-state index is 11.9. The summed E-state index contributed by atoms with van der Waals surface area (Å²) < 4.78 is 16.1. The molecule has 1 amide bonds. The van der Waals surface area contributed by atoms with Gasteiger partial charge in [0.25, 0.3) is 0 Å². The van der Waals surface area contributed by atoms with Crippen LogP contribution in [0.1, 0.15) is 40.0 Å². The highest BCUT2D eigenvalue weighted by molar-refractivity contribution is 6.60. The van der Waals surface area contributed by atoms with E-state index in [0.717, 1.165) is 12.8 Å². The molecule has 0 radical (unpaired) electrons. The van der Waals surface area contributed by atoms with Crippen LogP contribution < -0.4 is 5.32 Å². The van der Waals surface area contributed by atoms with Crippen LogP contribution >= 0.6 is 0 Å². The summed E-state index contributed by atoms with van der Waals surface area (Å²) >= 11 is 0. The Morgan fingerprint density at radius 1 is 1.19 bits per heavy atom. The summed E-state index contributed by atoms with van der Waals surface area (Å²) in [6, 6.07) is 0.674. The lowest BCUT2D eigenvalue weighted by molar-refractivity contribution is -0.123. The van der Waals surface area contributed by atoms with Crippen LogP contribution in [0.2, 0.25) is 6.04 Å². The molecule has 0 aliphatic rings. The first-order valence-electron chi connectivity index (χ1n) is 7.29. The largest absolute Gasteiger partial charge is 0.500 e. The fraction of sp³-hybridized carbons (Fsp3) is 0.929. The molecule has 0 rings (SSSR count). The van der Waals surface area contributed by atoms with Crippen LogP contribution in [-0.4, -0.2) is 53.3 Å². The summed E-state index contributed by atoms with van der Waals surface area (Å²) in [7, 11) is 2.19. The van der Waals surface area contributed by atoms with E-state index in [9.17, 15) is 9.90 Å². The summed E-state index contributed by atoms with van der Waals surface area (Å²) in [4.78, 5) is 11.9. The average molecular weight is 321 g/mol. The normalized spacial score (nSPS) is 14.0. The summed E-state index contributed by atoms with van der Waals surface area (Å²) in [5.41, 5.74) is -0.249. The van der Waals surface area contributed by atoms with Crippen LogP contribution in [-0.2, 0) is 18.1 Å². The van der Waals surface area contributed by atoms with Crippen LogP contribution in [0.15, 0.2) is 0 Å². The molecule has 0 bridgehead atoms. The van der Waals surface area contributed by atoms with Crippen molar-refractivity contribution in [1.29, 1.82) is 0 Å². The van der Waals surface area contributed by atoms with Gasteiger partial charge in [0.15, 0.2) is 0 Å². The van der Waals surface area contributed by atoms with Crippen molar-refractivity contribution < 1.29 is 23.2 Å². The van der Waals surface area contributed by atoms with Gasteiger partial charge in [-0.1, -0.05) is 0 Å². The lowest BCUT2D eigenvalue weighted by atomic mass is 9.99. The van der Waals surface area contributed by atoms with E-state index in [4.69, 9.17) is 13.3 Å². The summed E-state index contributed by atoms with van der Waals surface area (Å²) in [5.74, 6) is -0.0834. The van der Waals surface area contributed by atoms with Gasteiger partial charge in [0.05, 0.1) is 0 Å². The van der Waals surface area contributed by atoms with Gasteiger partial charge in [-0.2, -0.15) is 0 Å². The molecule has 0 heterocycles. The number of aliphatic hydroxyl groups excluding tert-OH is 1. The number of hydrogen-bond donors (Lipinski definition) is 2. The van der Waals surface area contributed by atoms with E-state index < -0.39 is 8.80 Å². The molecule has 0 spiro atoms. The second-order valence-electron chi connectivity index (χ2n) is 6.24. The molecule has 7 heteroatoms. The maximum Gasteiger partial charge on any atom is 0.500 e. The van der Waals surface area contributed by atoms with E-state index in [1.165, 1.54) is 0 Å². The monoisotopic (exact) mass is 321 g/mol. The number of amides is 1. The van der Waals surface area contributed by atoms with E-state index in [0.29, 0.717) is 12.5 Å². The molecule has 0 fully saturated rings. The van der Waals surface area contributed by atoms with Crippen molar-refractivity contribution in [3.63, 3.8) is 0 Å². The molecular weight excluding hydrogens is 290 g/mol. The fourth-order valence-electron chi connectivity index (χ4n) is 2.15. The van der Waals surface area contributed by atoms with Gasteiger partial charge < -0.3 is 23.7 Å². The fourth-order valence-corrected chi connectivity index (χ4v) is 3.90. The van der Waals surface area contributed by atoms with E-state index in [1.807, 2.05) is 20.8 Å². The highest BCUT2D eigenvalue weighted by Gasteiger charge is 2.37. The molecule has 0 saturated heterocycles. The summed E-state index contributed by atoms with van der Waals surface area (Å²) in [6.07, 6.45) is 1.85. The molecular formula is C14H31NO5Si. The second kappa shape index (κ2) is 9.53. The zero-order chi connectivity index (χ0) is 16.5. The number of hydrogen-bond acceptors (Lipinski definition) is 5. The van der Waals surface area contributed by atoms with Crippen LogP contribution in [0.3, 0.4) is 0 Å². The van der Waals surface area contributed by atoms with Gasteiger partial charge in [-0.25, -0.2) is 0 Å². The third-order valence-corrected chi connectivity index (χ3v) is 6.11. The molecule has 0 aliphatic heterocycles. The Balaban J connectivity index is 4.25. The number of carbonyl (C=O) groups is 1. The number of rotatable bonds is 10. The standard InChI is InChI=1S/C14H31NO5Si/c1-14(2,3)15-13(17)10-12(11-16)8-7-9-21(18-4,19-5)20-6/h12,16H,7-11H2,1-6H3,(H,15,17). The van der Waals surface area contributed by atoms with Gasteiger partial charge in [-0.05, 0) is 39.5 Å². The first-order chi connectivity index (χ1) is 9.71. The minimum atomic E-state index is -2.56. The van der Waals surface area contributed by atoms with Crippen LogP contribution in [0.4, 0.5) is 0 Å². The third kappa shape index (κ3) is 8.52. The molecule has 1 atom stereocenters. The van der Waals surface area contributed by atoms with Crippen molar-refractivity contribution in [3.05, 3.63) is 0 Å². The second-order valence-corrected chi connectivity index (χ2v) is 9.33. The van der Waals surface area contributed by atoms with Gasteiger partial charge in [-0.15, -0.1) is 0 Å². The first-order valence-corrected chi connectivity index (χ1v) is 9.22. The van der Waals surface area contributed by atoms with Gasteiger partial charge in [0.1, 0.15) is 0 Å². The molecule has 21 heavy (non-hydrogen) atoms. The Kier molecular flexibility index (Phi) is 9.31. The van der Waals surface area contributed by atoms with Crippen LogP contribution in [0.5, 0.6) is 0 Å².